The molecule has 1 saturated carbocycles. The van der Waals surface area contributed by atoms with Crippen LogP contribution in [0.25, 0.3) is 0 Å². The molecule has 0 radical (unpaired) electrons. The molecular formula is C16H18BrNO2. The van der Waals surface area contributed by atoms with Crippen molar-refractivity contribution in [1.82, 2.24) is 0 Å². The minimum atomic E-state index is 0.411. The van der Waals surface area contributed by atoms with E-state index in [1.165, 1.54) is 25.7 Å². The zero-order chi connectivity index (χ0) is 13.8. The first kappa shape index (κ1) is 13.6. The molecule has 106 valence electrons. The number of hydrogen-bond donors (Lipinski definition) is 1. The Balaban J connectivity index is 1.52. The van der Waals surface area contributed by atoms with Gasteiger partial charge in [-0.1, -0.05) is 0 Å². The van der Waals surface area contributed by atoms with Gasteiger partial charge in [-0.2, -0.15) is 0 Å². The zero-order valence-electron chi connectivity index (χ0n) is 11.3. The Hall–Kier alpha value is -1.42. The maximum Gasteiger partial charge on any atom is 0.169 e. The summed E-state index contributed by atoms with van der Waals surface area (Å²) in [6.45, 7) is 0.675. The molecule has 20 heavy (non-hydrogen) atoms. The summed E-state index contributed by atoms with van der Waals surface area (Å²) in [5.74, 6) is 1.87. The monoisotopic (exact) mass is 335 g/mol. The minimum Gasteiger partial charge on any atom is -0.490 e. The number of nitrogens with one attached hydrogen (secondary N) is 1. The van der Waals surface area contributed by atoms with Gasteiger partial charge in [0.25, 0.3) is 0 Å². The highest BCUT2D eigenvalue weighted by Crippen LogP contribution is 2.25. The van der Waals surface area contributed by atoms with Crippen LogP contribution >= 0.6 is 15.9 Å². The lowest BCUT2D eigenvalue weighted by Gasteiger charge is -2.13. The predicted molar refractivity (Wildman–Crippen MR) is 83.1 cm³/mol. The molecule has 1 aromatic heterocycles. The Morgan fingerprint density at radius 2 is 1.85 bits per heavy atom. The fraction of sp³-hybridized carbons (Fsp3) is 0.375. The van der Waals surface area contributed by atoms with Crippen LogP contribution in [-0.4, -0.2) is 6.10 Å². The van der Waals surface area contributed by atoms with Crippen LogP contribution in [0.1, 0.15) is 31.4 Å². The van der Waals surface area contributed by atoms with E-state index in [9.17, 15) is 0 Å². The van der Waals surface area contributed by atoms with Gasteiger partial charge in [0.05, 0.1) is 12.6 Å². The van der Waals surface area contributed by atoms with Crippen LogP contribution in [0.2, 0.25) is 0 Å². The van der Waals surface area contributed by atoms with Crippen molar-refractivity contribution in [2.24, 2.45) is 0 Å². The number of hydrogen-bond acceptors (Lipinski definition) is 3. The SMILES string of the molecule is Brc1ccc(CNc2ccc(OC3CCCC3)cc2)o1. The highest BCUT2D eigenvalue weighted by atomic mass is 79.9. The minimum absolute atomic E-state index is 0.411. The van der Waals surface area contributed by atoms with E-state index in [2.05, 4.69) is 21.2 Å². The lowest BCUT2D eigenvalue weighted by molar-refractivity contribution is 0.210. The summed E-state index contributed by atoms with van der Waals surface area (Å²) < 4.78 is 12.1. The Morgan fingerprint density at radius 3 is 2.50 bits per heavy atom. The Labute approximate surface area is 127 Å². The molecule has 0 amide bonds. The van der Waals surface area contributed by atoms with Gasteiger partial charge in [0, 0.05) is 5.69 Å². The first-order valence-corrected chi connectivity index (χ1v) is 7.84. The van der Waals surface area contributed by atoms with Crippen molar-refractivity contribution in [3.05, 3.63) is 46.8 Å². The predicted octanol–water partition coefficient (Wildman–Crippen LogP) is 4.98. The maximum atomic E-state index is 5.94. The average molecular weight is 336 g/mol. The van der Waals surface area contributed by atoms with Crippen LogP contribution in [0.5, 0.6) is 5.75 Å². The number of furan rings is 1. The fourth-order valence-corrected chi connectivity index (χ4v) is 2.83. The first-order valence-electron chi connectivity index (χ1n) is 7.04. The van der Waals surface area contributed by atoms with E-state index in [-0.39, 0.29) is 0 Å². The molecule has 0 spiro atoms. The third-order valence-electron chi connectivity index (χ3n) is 3.55. The van der Waals surface area contributed by atoms with E-state index >= 15 is 0 Å². The van der Waals surface area contributed by atoms with Gasteiger partial charge in [-0.3, -0.25) is 0 Å². The largest absolute Gasteiger partial charge is 0.490 e. The van der Waals surface area contributed by atoms with E-state index in [1.807, 2.05) is 36.4 Å². The Kier molecular flexibility index (Phi) is 4.31. The lowest BCUT2D eigenvalue weighted by atomic mass is 10.2. The smallest absolute Gasteiger partial charge is 0.169 e. The molecule has 0 aliphatic heterocycles. The number of ether oxygens (including phenoxy) is 1. The molecule has 0 unspecified atom stereocenters. The van der Waals surface area contributed by atoms with Crippen molar-refractivity contribution in [3.8, 4) is 5.75 Å². The maximum absolute atomic E-state index is 5.94. The van der Waals surface area contributed by atoms with E-state index in [0.29, 0.717) is 12.6 Å². The van der Waals surface area contributed by atoms with Gasteiger partial charge in [-0.15, -0.1) is 0 Å². The molecule has 0 saturated heterocycles. The van der Waals surface area contributed by atoms with Gasteiger partial charge in [-0.25, -0.2) is 0 Å². The topological polar surface area (TPSA) is 34.4 Å². The van der Waals surface area contributed by atoms with Crippen molar-refractivity contribution < 1.29 is 9.15 Å². The molecule has 3 rings (SSSR count). The molecular weight excluding hydrogens is 318 g/mol. The van der Waals surface area contributed by atoms with Crippen molar-refractivity contribution >= 4 is 21.6 Å². The van der Waals surface area contributed by atoms with E-state index < -0.39 is 0 Å². The molecule has 1 fully saturated rings. The third kappa shape index (κ3) is 3.57. The van der Waals surface area contributed by atoms with E-state index in [0.717, 1.165) is 21.9 Å². The summed E-state index contributed by atoms with van der Waals surface area (Å²) >= 11 is 3.30. The van der Waals surface area contributed by atoms with Crippen LogP contribution in [0.4, 0.5) is 5.69 Å². The summed E-state index contributed by atoms with van der Waals surface area (Å²) in [6.07, 6.45) is 5.38. The van der Waals surface area contributed by atoms with Gasteiger partial charge in [0.1, 0.15) is 11.5 Å². The van der Waals surface area contributed by atoms with Crippen LogP contribution < -0.4 is 10.1 Å². The van der Waals surface area contributed by atoms with Gasteiger partial charge >= 0.3 is 0 Å². The quantitative estimate of drug-likeness (QED) is 0.837. The second-order valence-corrected chi connectivity index (χ2v) is 5.89. The Morgan fingerprint density at radius 1 is 1.10 bits per heavy atom. The Bertz CT molecular complexity index is 544. The summed E-state index contributed by atoms with van der Waals surface area (Å²) in [5.41, 5.74) is 1.07. The van der Waals surface area contributed by atoms with Gasteiger partial charge < -0.3 is 14.5 Å². The number of anilines is 1. The van der Waals surface area contributed by atoms with Crippen LogP contribution in [0, 0.1) is 0 Å². The highest BCUT2D eigenvalue weighted by Gasteiger charge is 2.16. The van der Waals surface area contributed by atoms with Crippen molar-refractivity contribution in [3.63, 3.8) is 0 Å². The van der Waals surface area contributed by atoms with Crippen molar-refractivity contribution in [2.75, 3.05) is 5.32 Å². The average Bonchev–Trinajstić information content (AvgIpc) is 3.10. The molecule has 1 heterocycles. The molecule has 1 aliphatic rings. The summed E-state index contributed by atoms with van der Waals surface area (Å²) in [5, 5.41) is 3.32. The normalized spacial score (nSPS) is 15.4. The molecule has 2 aromatic rings. The molecule has 0 bridgehead atoms. The zero-order valence-corrected chi connectivity index (χ0v) is 12.9. The summed E-state index contributed by atoms with van der Waals surface area (Å²) in [7, 11) is 0. The van der Waals surface area contributed by atoms with Crippen LogP contribution in [0.3, 0.4) is 0 Å². The second-order valence-electron chi connectivity index (χ2n) is 5.11. The first-order chi connectivity index (χ1) is 9.79. The molecule has 3 nitrogen and oxygen atoms in total. The van der Waals surface area contributed by atoms with Crippen LogP contribution in [0.15, 0.2) is 45.5 Å². The molecule has 4 heteroatoms. The molecule has 1 aromatic carbocycles. The fourth-order valence-electron chi connectivity index (χ4n) is 2.49. The van der Waals surface area contributed by atoms with Gasteiger partial charge in [0.15, 0.2) is 4.67 Å². The number of rotatable bonds is 5. The number of halogens is 1. The third-order valence-corrected chi connectivity index (χ3v) is 3.98. The summed E-state index contributed by atoms with van der Waals surface area (Å²) in [4.78, 5) is 0. The van der Waals surface area contributed by atoms with Crippen molar-refractivity contribution in [2.45, 2.75) is 38.3 Å². The number of benzene rings is 1. The van der Waals surface area contributed by atoms with Gasteiger partial charge in [-0.05, 0) is 78.0 Å². The molecule has 1 N–H and O–H groups in total. The van der Waals surface area contributed by atoms with Crippen molar-refractivity contribution in [1.29, 1.82) is 0 Å². The van der Waals surface area contributed by atoms with Gasteiger partial charge in [0.2, 0.25) is 0 Å². The molecule has 0 atom stereocenters. The lowest BCUT2D eigenvalue weighted by Crippen LogP contribution is -2.10. The highest BCUT2D eigenvalue weighted by molar-refractivity contribution is 9.10. The summed E-state index contributed by atoms with van der Waals surface area (Å²) in [6, 6.07) is 12.0. The standard InChI is InChI=1S/C16H18BrNO2/c17-16-10-9-15(20-16)11-18-12-5-7-14(8-6-12)19-13-3-1-2-4-13/h5-10,13,18H,1-4,11H2. The van der Waals surface area contributed by atoms with E-state index in [1.54, 1.807) is 0 Å². The van der Waals surface area contributed by atoms with E-state index in [4.69, 9.17) is 9.15 Å². The second kappa shape index (κ2) is 6.35. The van der Waals surface area contributed by atoms with Crippen LogP contribution in [-0.2, 0) is 6.54 Å². The molecule has 1 aliphatic carbocycles.